The van der Waals surface area contributed by atoms with E-state index >= 15 is 0 Å². The van der Waals surface area contributed by atoms with Gasteiger partial charge in [0.2, 0.25) is 0 Å². The van der Waals surface area contributed by atoms with Crippen LogP contribution in [-0.2, 0) is 18.3 Å². The number of carbonyl (C=O) groups is 1. The minimum absolute atomic E-state index is 0.0470. The van der Waals surface area contributed by atoms with Crippen LogP contribution in [0.15, 0.2) is 42.5 Å². The predicted molar refractivity (Wildman–Crippen MR) is 85.9 cm³/mol. The summed E-state index contributed by atoms with van der Waals surface area (Å²) in [6.07, 6.45) is 0.879. The van der Waals surface area contributed by atoms with E-state index in [0.29, 0.717) is 18.7 Å². The molecule has 0 spiro atoms. The van der Waals surface area contributed by atoms with Crippen molar-refractivity contribution in [3.05, 3.63) is 64.7 Å². The van der Waals surface area contributed by atoms with Crippen LogP contribution in [-0.4, -0.2) is 12.5 Å². The molecule has 1 aliphatic rings. The Morgan fingerprint density at radius 3 is 2.67 bits per heavy atom. The lowest BCUT2D eigenvalue weighted by atomic mass is 10.1. The quantitative estimate of drug-likeness (QED) is 0.862. The number of amides is 1. The zero-order valence-electron chi connectivity index (χ0n) is 11.6. The summed E-state index contributed by atoms with van der Waals surface area (Å²) < 4.78 is 5.45. The molecule has 0 saturated heterocycles. The molecule has 108 valence electrons. The summed E-state index contributed by atoms with van der Waals surface area (Å²) in [5.41, 5.74) is 4.13. The normalized spacial score (nSPS) is 12.6. The average molecular weight is 346 g/mol. The Kier molecular flexibility index (Phi) is 4.25. The van der Waals surface area contributed by atoms with Crippen LogP contribution in [0.25, 0.3) is 0 Å². The second-order valence-corrected chi connectivity index (χ2v) is 5.61. The molecule has 1 aliphatic heterocycles. The van der Waals surface area contributed by atoms with E-state index in [1.807, 2.05) is 30.3 Å². The maximum atomic E-state index is 12.2. The maximum Gasteiger partial charge on any atom is 0.251 e. The van der Waals surface area contributed by atoms with E-state index in [1.165, 1.54) is 5.56 Å². The molecule has 0 fully saturated rings. The fourth-order valence-corrected chi connectivity index (χ4v) is 2.73. The van der Waals surface area contributed by atoms with Crippen LogP contribution in [0.2, 0.25) is 0 Å². The molecule has 0 unspecified atom stereocenters. The smallest absolute Gasteiger partial charge is 0.251 e. The Labute approximate surface area is 132 Å². The van der Waals surface area contributed by atoms with Crippen LogP contribution >= 0.6 is 15.9 Å². The molecule has 21 heavy (non-hydrogen) atoms. The van der Waals surface area contributed by atoms with Gasteiger partial charge in [-0.05, 0) is 34.9 Å². The maximum absolute atomic E-state index is 12.2. The van der Waals surface area contributed by atoms with Gasteiger partial charge >= 0.3 is 0 Å². The summed E-state index contributed by atoms with van der Waals surface area (Å²) in [6, 6.07) is 13.8. The molecule has 0 bridgehead atoms. The van der Waals surface area contributed by atoms with Gasteiger partial charge in [-0.1, -0.05) is 40.2 Å². The Morgan fingerprint density at radius 2 is 1.90 bits per heavy atom. The molecule has 1 amide bonds. The van der Waals surface area contributed by atoms with Crippen LogP contribution in [0.4, 0.5) is 0 Å². The highest BCUT2D eigenvalue weighted by Gasteiger charge is 2.14. The monoisotopic (exact) mass is 345 g/mol. The van der Waals surface area contributed by atoms with Crippen molar-refractivity contribution in [2.24, 2.45) is 0 Å². The second-order valence-electron chi connectivity index (χ2n) is 5.05. The minimum Gasteiger partial charge on any atom is -0.493 e. The molecule has 1 N–H and O–H groups in total. The molecule has 4 heteroatoms. The van der Waals surface area contributed by atoms with Crippen LogP contribution in [0.3, 0.4) is 0 Å². The Bertz CT molecular complexity index is 652. The van der Waals surface area contributed by atoms with Crippen LogP contribution in [0.1, 0.15) is 27.0 Å². The number of ether oxygens (including phenoxy) is 1. The van der Waals surface area contributed by atoms with E-state index < -0.39 is 0 Å². The Balaban J connectivity index is 1.63. The number of nitrogens with one attached hydrogen (secondary N) is 1. The van der Waals surface area contributed by atoms with Gasteiger partial charge in [-0.15, -0.1) is 0 Å². The molecule has 2 aromatic rings. The zero-order valence-corrected chi connectivity index (χ0v) is 13.2. The van der Waals surface area contributed by atoms with Gasteiger partial charge in [0.15, 0.2) is 0 Å². The summed E-state index contributed by atoms with van der Waals surface area (Å²) in [7, 11) is 0. The van der Waals surface area contributed by atoms with Crippen molar-refractivity contribution in [3.63, 3.8) is 0 Å². The molecule has 0 saturated carbocycles. The molecule has 2 aromatic carbocycles. The van der Waals surface area contributed by atoms with Gasteiger partial charge in [0.1, 0.15) is 5.75 Å². The molecule has 0 atom stereocenters. The van der Waals surface area contributed by atoms with Crippen LogP contribution in [0, 0.1) is 0 Å². The van der Waals surface area contributed by atoms with Crippen molar-refractivity contribution < 1.29 is 9.53 Å². The molecule has 0 aromatic heterocycles. The number of hydrogen-bond acceptors (Lipinski definition) is 2. The van der Waals surface area contributed by atoms with Gasteiger partial charge in [0.25, 0.3) is 5.91 Å². The summed E-state index contributed by atoms with van der Waals surface area (Å²) >= 11 is 3.42. The molecule has 1 heterocycles. The first-order valence-corrected chi connectivity index (χ1v) is 8.06. The molecule has 0 aliphatic carbocycles. The standard InChI is InChI=1S/C17H16BrNO2/c18-10-12-1-3-13(4-2-12)11-19-17(20)15-5-6-16-14(9-15)7-8-21-16/h1-6,9H,7-8,10-11H2,(H,19,20). The third-order valence-corrected chi connectivity index (χ3v) is 4.23. The number of alkyl halides is 1. The minimum atomic E-state index is -0.0470. The Hall–Kier alpha value is -1.81. The zero-order chi connectivity index (χ0) is 14.7. The highest BCUT2D eigenvalue weighted by Crippen LogP contribution is 2.25. The third-order valence-electron chi connectivity index (χ3n) is 3.58. The predicted octanol–water partition coefficient (Wildman–Crippen LogP) is 3.45. The molecular weight excluding hydrogens is 330 g/mol. The SMILES string of the molecule is O=C(NCc1ccc(CBr)cc1)c1ccc2c(c1)CCO2. The van der Waals surface area contributed by atoms with Crippen molar-refractivity contribution in [2.75, 3.05) is 6.61 Å². The van der Waals surface area contributed by atoms with Gasteiger partial charge in [0, 0.05) is 23.9 Å². The van der Waals surface area contributed by atoms with Gasteiger partial charge in [-0.2, -0.15) is 0 Å². The number of hydrogen-bond donors (Lipinski definition) is 1. The summed E-state index contributed by atoms with van der Waals surface area (Å²) in [5.74, 6) is 0.853. The lowest BCUT2D eigenvalue weighted by Gasteiger charge is -2.07. The van der Waals surface area contributed by atoms with Crippen LogP contribution < -0.4 is 10.1 Å². The average Bonchev–Trinajstić information content (AvgIpc) is 3.00. The van der Waals surface area contributed by atoms with Gasteiger partial charge in [-0.25, -0.2) is 0 Å². The van der Waals surface area contributed by atoms with E-state index in [9.17, 15) is 4.79 Å². The number of benzene rings is 2. The van der Waals surface area contributed by atoms with Gasteiger partial charge in [-0.3, -0.25) is 4.79 Å². The lowest BCUT2D eigenvalue weighted by Crippen LogP contribution is -2.22. The van der Waals surface area contributed by atoms with Crippen molar-refractivity contribution in [3.8, 4) is 5.75 Å². The molecular formula is C17H16BrNO2. The van der Waals surface area contributed by atoms with Gasteiger partial charge in [0.05, 0.1) is 6.61 Å². The molecule has 3 rings (SSSR count). The van der Waals surface area contributed by atoms with E-state index in [0.717, 1.165) is 28.6 Å². The van der Waals surface area contributed by atoms with Gasteiger partial charge < -0.3 is 10.1 Å². The summed E-state index contributed by atoms with van der Waals surface area (Å²) in [5, 5.41) is 3.80. The number of halogens is 1. The highest BCUT2D eigenvalue weighted by atomic mass is 79.9. The molecule has 0 radical (unpaired) electrons. The first-order chi connectivity index (χ1) is 10.3. The van der Waals surface area contributed by atoms with Crippen molar-refractivity contribution in [1.82, 2.24) is 5.32 Å². The fourth-order valence-electron chi connectivity index (χ4n) is 2.36. The first-order valence-electron chi connectivity index (χ1n) is 6.94. The Morgan fingerprint density at radius 1 is 1.14 bits per heavy atom. The number of fused-ring (bicyclic) bond motifs is 1. The highest BCUT2D eigenvalue weighted by molar-refractivity contribution is 9.08. The van der Waals surface area contributed by atoms with E-state index in [-0.39, 0.29) is 5.91 Å². The van der Waals surface area contributed by atoms with Crippen molar-refractivity contribution in [2.45, 2.75) is 18.3 Å². The van der Waals surface area contributed by atoms with Crippen molar-refractivity contribution >= 4 is 21.8 Å². The second kappa shape index (κ2) is 6.31. The van der Waals surface area contributed by atoms with Crippen LogP contribution in [0.5, 0.6) is 5.75 Å². The summed E-state index contributed by atoms with van der Waals surface area (Å²) in [6.45, 7) is 1.25. The first kappa shape index (κ1) is 14.1. The topological polar surface area (TPSA) is 38.3 Å². The van der Waals surface area contributed by atoms with Crippen molar-refractivity contribution in [1.29, 1.82) is 0 Å². The largest absolute Gasteiger partial charge is 0.493 e. The number of rotatable bonds is 4. The van der Waals surface area contributed by atoms with E-state index in [1.54, 1.807) is 0 Å². The third kappa shape index (κ3) is 3.27. The lowest BCUT2D eigenvalue weighted by molar-refractivity contribution is 0.0951. The number of carbonyl (C=O) groups excluding carboxylic acids is 1. The fraction of sp³-hybridized carbons (Fsp3) is 0.235. The van der Waals surface area contributed by atoms with E-state index in [2.05, 4.69) is 33.4 Å². The molecule has 3 nitrogen and oxygen atoms in total. The van der Waals surface area contributed by atoms with E-state index in [4.69, 9.17) is 4.74 Å². The summed E-state index contributed by atoms with van der Waals surface area (Å²) in [4.78, 5) is 12.2.